The third-order valence-corrected chi connectivity index (χ3v) is 4.69. The topological polar surface area (TPSA) is 60.2 Å². The molecule has 3 N–H and O–H groups in total. The number of hydrogen-bond acceptors (Lipinski definition) is 4. The molecule has 0 bridgehead atoms. The minimum atomic E-state index is -0.292. The molecule has 1 heterocycles. The summed E-state index contributed by atoms with van der Waals surface area (Å²) in [5.41, 5.74) is 9.75. The largest absolute Gasteiger partial charge is 0.457 e. The maximum atomic E-state index is 13.0. The molecule has 0 radical (unpaired) electrons. The van der Waals surface area contributed by atoms with Crippen molar-refractivity contribution < 1.29 is 9.13 Å². The standard InChI is InChI=1S/C24H19ClFN3O/c1-15-11-16(25)13-19(12-15)30-24-4-2-3-22-20(24)9-10-23(29-22)21(27)14-28-18-7-5-17(26)6-8-18/h2-14,28H,27H2,1H3/b21-14-. The Bertz CT molecular complexity index is 1220. The Morgan fingerprint density at radius 1 is 1.07 bits per heavy atom. The van der Waals surface area contributed by atoms with Gasteiger partial charge in [0.15, 0.2) is 0 Å². The van der Waals surface area contributed by atoms with Crippen molar-refractivity contribution in [3.63, 3.8) is 0 Å². The molecule has 150 valence electrons. The zero-order valence-corrected chi connectivity index (χ0v) is 17.0. The lowest BCUT2D eigenvalue weighted by Crippen LogP contribution is -2.02. The Balaban J connectivity index is 1.60. The highest BCUT2D eigenvalue weighted by atomic mass is 35.5. The molecule has 4 nitrogen and oxygen atoms in total. The van der Waals surface area contributed by atoms with Crippen LogP contribution in [0.2, 0.25) is 5.02 Å². The molecule has 30 heavy (non-hydrogen) atoms. The second kappa shape index (κ2) is 8.43. The zero-order valence-electron chi connectivity index (χ0n) is 16.2. The second-order valence-electron chi connectivity index (χ2n) is 6.84. The number of fused-ring (bicyclic) bond motifs is 1. The van der Waals surface area contributed by atoms with Gasteiger partial charge in [-0.3, -0.25) is 0 Å². The highest BCUT2D eigenvalue weighted by Crippen LogP contribution is 2.31. The fourth-order valence-corrected chi connectivity index (χ4v) is 3.33. The number of nitrogens with zero attached hydrogens (tertiary/aromatic N) is 1. The van der Waals surface area contributed by atoms with Crippen molar-refractivity contribution in [3.8, 4) is 11.5 Å². The predicted octanol–water partition coefficient (Wildman–Crippen LogP) is 6.50. The number of ether oxygens (including phenoxy) is 1. The lowest BCUT2D eigenvalue weighted by atomic mass is 10.1. The first-order chi connectivity index (χ1) is 14.5. The van der Waals surface area contributed by atoms with Crippen LogP contribution in [-0.2, 0) is 0 Å². The summed E-state index contributed by atoms with van der Waals surface area (Å²) in [5, 5.41) is 4.52. The Morgan fingerprint density at radius 3 is 2.63 bits per heavy atom. The van der Waals surface area contributed by atoms with Gasteiger partial charge in [-0.25, -0.2) is 9.37 Å². The molecule has 4 aromatic rings. The van der Waals surface area contributed by atoms with Crippen molar-refractivity contribution in [1.29, 1.82) is 0 Å². The quantitative estimate of drug-likeness (QED) is 0.387. The Kier molecular flexibility index (Phi) is 5.55. The normalized spacial score (nSPS) is 11.5. The van der Waals surface area contributed by atoms with E-state index in [0.29, 0.717) is 27.9 Å². The smallest absolute Gasteiger partial charge is 0.136 e. The van der Waals surface area contributed by atoms with Gasteiger partial charge in [0.05, 0.1) is 16.9 Å². The van der Waals surface area contributed by atoms with Crippen molar-refractivity contribution in [3.05, 3.63) is 101 Å². The Morgan fingerprint density at radius 2 is 1.87 bits per heavy atom. The molecule has 0 saturated heterocycles. The summed E-state index contributed by atoms with van der Waals surface area (Å²) < 4.78 is 19.1. The van der Waals surface area contributed by atoms with E-state index in [1.165, 1.54) is 12.1 Å². The van der Waals surface area contributed by atoms with E-state index in [1.54, 1.807) is 24.4 Å². The fourth-order valence-electron chi connectivity index (χ4n) is 3.05. The zero-order chi connectivity index (χ0) is 21.1. The van der Waals surface area contributed by atoms with Gasteiger partial charge in [-0.05, 0) is 79.2 Å². The van der Waals surface area contributed by atoms with Crippen LogP contribution in [0.1, 0.15) is 11.3 Å². The van der Waals surface area contributed by atoms with Crippen LogP contribution in [0.15, 0.2) is 79.0 Å². The molecule has 4 rings (SSSR count). The number of halogens is 2. The van der Waals surface area contributed by atoms with Crippen LogP contribution in [-0.4, -0.2) is 4.98 Å². The first-order valence-corrected chi connectivity index (χ1v) is 9.69. The van der Waals surface area contributed by atoms with E-state index in [2.05, 4.69) is 10.3 Å². The lowest BCUT2D eigenvalue weighted by molar-refractivity contribution is 0.488. The minimum Gasteiger partial charge on any atom is -0.457 e. The summed E-state index contributed by atoms with van der Waals surface area (Å²) >= 11 is 6.13. The summed E-state index contributed by atoms with van der Waals surface area (Å²) in [7, 11) is 0. The minimum absolute atomic E-state index is 0.292. The number of nitrogens with one attached hydrogen (secondary N) is 1. The number of pyridine rings is 1. The number of aromatic nitrogens is 1. The van der Waals surface area contributed by atoms with Crippen LogP contribution >= 0.6 is 11.6 Å². The highest BCUT2D eigenvalue weighted by molar-refractivity contribution is 6.30. The molecule has 0 aliphatic carbocycles. The summed E-state index contributed by atoms with van der Waals surface area (Å²) in [5.74, 6) is 1.05. The number of aryl methyl sites for hydroxylation is 1. The van der Waals surface area contributed by atoms with Crippen LogP contribution in [0.3, 0.4) is 0 Å². The summed E-state index contributed by atoms with van der Waals surface area (Å²) in [6.07, 6.45) is 1.64. The first kappa shape index (κ1) is 19.7. The summed E-state index contributed by atoms with van der Waals surface area (Å²) in [4.78, 5) is 4.64. The van der Waals surface area contributed by atoms with E-state index in [-0.39, 0.29) is 5.82 Å². The van der Waals surface area contributed by atoms with Crippen molar-refractivity contribution in [1.82, 2.24) is 4.98 Å². The van der Waals surface area contributed by atoms with Gasteiger partial charge in [0.25, 0.3) is 0 Å². The Hall–Kier alpha value is -3.57. The average molecular weight is 420 g/mol. The van der Waals surface area contributed by atoms with E-state index in [4.69, 9.17) is 22.1 Å². The lowest BCUT2D eigenvalue weighted by Gasteiger charge is -2.11. The van der Waals surface area contributed by atoms with Gasteiger partial charge in [-0.1, -0.05) is 17.7 Å². The highest BCUT2D eigenvalue weighted by Gasteiger charge is 2.08. The van der Waals surface area contributed by atoms with E-state index < -0.39 is 0 Å². The van der Waals surface area contributed by atoms with Gasteiger partial charge in [0.1, 0.15) is 17.3 Å². The number of rotatable bonds is 5. The monoisotopic (exact) mass is 419 g/mol. The van der Waals surface area contributed by atoms with Crippen LogP contribution in [0.4, 0.5) is 10.1 Å². The van der Waals surface area contributed by atoms with Crippen molar-refractivity contribution in [2.75, 3.05) is 5.32 Å². The molecule has 1 aromatic heterocycles. The number of hydrogen-bond donors (Lipinski definition) is 2. The van der Waals surface area contributed by atoms with Gasteiger partial charge in [-0.15, -0.1) is 0 Å². The maximum Gasteiger partial charge on any atom is 0.136 e. The van der Waals surface area contributed by atoms with Crippen molar-refractivity contribution >= 4 is 33.9 Å². The molecule has 6 heteroatoms. The van der Waals surface area contributed by atoms with E-state index in [0.717, 1.165) is 22.2 Å². The molecule has 0 spiro atoms. The summed E-state index contributed by atoms with van der Waals surface area (Å²) in [6.45, 7) is 1.96. The first-order valence-electron chi connectivity index (χ1n) is 9.31. The molecule has 3 aromatic carbocycles. The average Bonchev–Trinajstić information content (AvgIpc) is 2.72. The summed E-state index contributed by atoms with van der Waals surface area (Å²) in [6, 6.07) is 21.0. The van der Waals surface area contributed by atoms with E-state index >= 15 is 0 Å². The van der Waals surface area contributed by atoms with Crippen LogP contribution in [0.5, 0.6) is 11.5 Å². The van der Waals surface area contributed by atoms with Gasteiger partial charge >= 0.3 is 0 Å². The van der Waals surface area contributed by atoms with Gasteiger partial charge < -0.3 is 15.8 Å². The second-order valence-corrected chi connectivity index (χ2v) is 7.27. The van der Waals surface area contributed by atoms with Crippen molar-refractivity contribution in [2.24, 2.45) is 5.73 Å². The molecule has 0 unspecified atom stereocenters. The SMILES string of the molecule is Cc1cc(Cl)cc(Oc2cccc3nc(/C(N)=C/Nc4ccc(F)cc4)ccc23)c1. The molecule has 0 aliphatic heterocycles. The predicted molar refractivity (Wildman–Crippen MR) is 120 cm³/mol. The molecule has 0 saturated carbocycles. The van der Waals surface area contributed by atoms with Crippen LogP contribution in [0.25, 0.3) is 16.6 Å². The van der Waals surface area contributed by atoms with Crippen LogP contribution < -0.4 is 15.8 Å². The van der Waals surface area contributed by atoms with E-state index in [1.807, 2.05) is 49.4 Å². The van der Waals surface area contributed by atoms with Gasteiger partial charge in [0, 0.05) is 22.3 Å². The third kappa shape index (κ3) is 4.53. The Labute approximate surface area is 178 Å². The number of anilines is 1. The molecule has 0 fully saturated rings. The van der Waals surface area contributed by atoms with Crippen LogP contribution in [0, 0.1) is 12.7 Å². The molecular weight excluding hydrogens is 401 g/mol. The molecule has 0 atom stereocenters. The maximum absolute atomic E-state index is 13.0. The van der Waals surface area contributed by atoms with Gasteiger partial charge in [0.2, 0.25) is 0 Å². The molecule has 0 amide bonds. The number of nitrogens with two attached hydrogens (primary N) is 1. The van der Waals surface area contributed by atoms with Crippen molar-refractivity contribution in [2.45, 2.75) is 6.92 Å². The number of benzene rings is 3. The fraction of sp³-hybridized carbons (Fsp3) is 0.0417. The third-order valence-electron chi connectivity index (χ3n) is 4.47. The van der Waals surface area contributed by atoms with E-state index in [9.17, 15) is 4.39 Å². The molecule has 0 aliphatic rings. The van der Waals surface area contributed by atoms with Gasteiger partial charge in [-0.2, -0.15) is 0 Å². The molecular formula is C24H19ClFN3O.